The zero-order valence-electron chi connectivity index (χ0n) is 16.7. The average molecular weight is 396 g/mol. The summed E-state index contributed by atoms with van der Waals surface area (Å²) >= 11 is 0. The van der Waals surface area contributed by atoms with Crippen molar-refractivity contribution in [2.45, 2.75) is 69.4 Å². The van der Waals surface area contributed by atoms with E-state index < -0.39 is 10.0 Å². The Hall–Kier alpha value is -1.44. The lowest BCUT2D eigenvalue weighted by molar-refractivity contribution is 0.0953. The van der Waals surface area contributed by atoms with Crippen molar-refractivity contribution >= 4 is 15.9 Å². The molecular formula is C20H33N3O3S. The number of amides is 1. The predicted molar refractivity (Wildman–Crippen MR) is 108 cm³/mol. The van der Waals surface area contributed by atoms with E-state index in [9.17, 15) is 13.2 Å². The summed E-state index contributed by atoms with van der Waals surface area (Å²) in [6, 6.07) is 6.62. The van der Waals surface area contributed by atoms with Gasteiger partial charge in [0.1, 0.15) is 0 Å². The van der Waals surface area contributed by atoms with Crippen LogP contribution in [0.3, 0.4) is 0 Å². The van der Waals surface area contributed by atoms with E-state index in [-0.39, 0.29) is 16.8 Å². The van der Waals surface area contributed by atoms with Crippen LogP contribution in [-0.2, 0) is 10.0 Å². The Balaban J connectivity index is 1.89. The Morgan fingerprint density at radius 2 is 1.81 bits per heavy atom. The van der Waals surface area contributed by atoms with Crippen LogP contribution in [0.15, 0.2) is 29.2 Å². The van der Waals surface area contributed by atoms with Gasteiger partial charge in [-0.05, 0) is 44.9 Å². The van der Waals surface area contributed by atoms with E-state index in [4.69, 9.17) is 0 Å². The first-order valence-corrected chi connectivity index (χ1v) is 11.4. The van der Waals surface area contributed by atoms with Gasteiger partial charge in [0.15, 0.2) is 0 Å². The number of carbonyl (C=O) groups is 1. The van der Waals surface area contributed by atoms with Crippen molar-refractivity contribution in [3.05, 3.63) is 29.8 Å². The van der Waals surface area contributed by atoms with E-state index in [0.717, 1.165) is 6.54 Å². The summed E-state index contributed by atoms with van der Waals surface area (Å²) in [7, 11) is -2.05. The quantitative estimate of drug-likeness (QED) is 0.524. The fraction of sp³-hybridized carbons (Fsp3) is 0.650. The molecule has 0 unspecified atom stereocenters. The van der Waals surface area contributed by atoms with Crippen LogP contribution in [0, 0.1) is 0 Å². The van der Waals surface area contributed by atoms with Crippen LogP contribution in [0.5, 0.6) is 0 Å². The topological polar surface area (TPSA) is 78.5 Å². The van der Waals surface area contributed by atoms with Gasteiger partial charge < -0.3 is 10.6 Å². The summed E-state index contributed by atoms with van der Waals surface area (Å²) in [6.45, 7) is 4.88. The summed E-state index contributed by atoms with van der Waals surface area (Å²) < 4.78 is 26.5. The first-order chi connectivity index (χ1) is 12.8. The molecule has 1 fully saturated rings. The van der Waals surface area contributed by atoms with Gasteiger partial charge in [-0.1, -0.05) is 31.7 Å². The number of hydrogen-bond donors (Lipinski definition) is 2. The van der Waals surface area contributed by atoms with Gasteiger partial charge in [-0.3, -0.25) is 4.79 Å². The van der Waals surface area contributed by atoms with Crippen LogP contribution in [0.25, 0.3) is 0 Å². The van der Waals surface area contributed by atoms with Gasteiger partial charge in [0.2, 0.25) is 10.0 Å². The van der Waals surface area contributed by atoms with Gasteiger partial charge in [0.05, 0.1) is 4.90 Å². The number of rotatable bonds is 8. The summed E-state index contributed by atoms with van der Waals surface area (Å²) in [4.78, 5) is 12.5. The van der Waals surface area contributed by atoms with Crippen LogP contribution in [0.1, 0.15) is 62.7 Å². The van der Waals surface area contributed by atoms with E-state index in [1.807, 2.05) is 13.8 Å². The molecule has 0 atom stereocenters. The van der Waals surface area contributed by atoms with Gasteiger partial charge in [-0.25, -0.2) is 8.42 Å². The summed E-state index contributed by atoms with van der Waals surface area (Å²) in [5, 5.41) is 6.39. The smallest absolute Gasteiger partial charge is 0.251 e. The predicted octanol–water partition coefficient (Wildman–Crippen LogP) is 2.76. The van der Waals surface area contributed by atoms with E-state index in [1.54, 1.807) is 19.2 Å². The molecule has 0 saturated heterocycles. The Morgan fingerprint density at radius 3 is 2.44 bits per heavy atom. The minimum Gasteiger partial charge on any atom is -0.351 e. The maximum atomic E-state index is 12.6. The lowest BCUT2D eigenvalue weighted by Crippen LogP contribution is -2.37. The second-order valence-corrected chi connectivity index (χ2v) is 9.54. The number of benzene rings is 1. The fourth-order valence-electron chi connectivity index (χ4n) is 3.28. The summed E-state index contributed by atoms with van der Waals surface area (Å²) in [5.74, 6) is -0.248. The third-order valence-electron chi connectivity index (χ3n) is 5.20. The molecule has 0 radical (unpaired) electrons. The van der Waals surface area contributed by atoms with E-state index in [0.29, 0.717) is 18.2 Å². The highest BCUT2D eigenvalue weighted by atomic mass is 32.2. The third kappa shape index (κ3) is 6.30. The molecule has 2 N–H and O–H groups in total. The largest absolute Gasteiger partial charge is 0.351 e. The molecule has 1 saturated carbocycles. The van der Waals surface area contributed by atoms with Crippen molar-refractivity contribution in [2.75, 3.05) is 20.1 Å². The standard InChI is InChI=1S/C20H33N3O3S/c1-16(2)23(3)27(25,26)19-12-8-9-17(15-19)20(24)22-14-13-21-18-10-6-4-5-7-11-18/h8-9,12,15-16,18,21H,4-7,10-11,13-14H2,1-3H3,(H,22,24). The molecule has 1 aromatic carbocycles. The molecule has 0 aromatic heterocycles. The van der Waals surface area contributed by atoms with Crippen molar-refractivity contribution in [3.63, 3.8) is 0 Å². The van der Waals surface area contributed by atoms with Crippen LogP contribution >= 0.6 is 0 Å². The normalized spacial score (nSPS) is 16.5. The first-order valence-electron chi connectivity index (χ1n) is 9.92. The maximum absolute atomic E-state index is 12.6. The molecule has 1 aliphatic rings. The number of sulfonamides is 1. The van der Waals surface area contributed by atoms with Crippen LogP contribution in [0.4, 0.5) is 0 Å². The lowest BCUT2D eigenvalue weighted by atomic mass is 10.1. The molecule has 2 rings (SSSR count). The van der Waals surface area contributed by atoms with Gasteiger partial charge in [0.25, 0.3) is 5.91 Å². The van der Waals surface area contributed by atoms with Crippen molar-refractivity contribution in [1.82, 2.24) is 14.9 Å². The molecule has 0 aliphatic heterocycles. The maximum Gasteiger partial charge on any atom is 0.251 e. The van der Waals surface area contributed by atoms with Crippen molar-refractivity contribution in [2.24, 2.45) is 0 Å². The van der Waals surface area contributed by atoms with E-state index in [1.165, 1.54) is 55.0 Å². The van der Waals surface area contributed by atoms with E-state index >= 15 is 0 Å². The van der Waals surface area contributed by atoms with Crippen molar-refractivity contribution in [1.29, 1.82) is 0 Å². The van der Waals surface area contributed by atoms with Crippen LogP contribution in [0.2, 0.25) is 0 Å². The molecule has 1 aliphatic carbocycles. The highest BCUT2D eigenvalue weighted by Gasteiger charge is 2.23. The molecule has 152 valence electrons. The second kappa shape index (κ2) is 10.2. The zero-order valence-corrected chi connectivity index (χ0v) is 17.5. The SMILES string of the molecule is CC(C)N(C)S(=O)(=O)c1cccc(C(=O)NCCNC2CCCCCC2)c1. The molecule has 1 aromatic rings. The van der Waals surface area contributed by atoms with Crippen molar-refractivity contribution in [3.8, 4) is 0 Å². The van der Waals surface area contributed by atoms with Gasteiger partial charge in [-0.15, -0.1) is 0 Å². The van der Waals surface area contributed by atoms with Crippen LogP contribution in [-0.4, -0.2) is 50.9 Å². The molecular weight excluding hydrogens is 362 g/mol. The molecule has 6 nitrogen and oxygen atoms in total. The summed E-state index contributed by atoms with van der Waals surface area (Å²) in [6.07, 6.45) is 7.60. The lowest BCUT2D eigenvalue weighted by Gasteiger charge is -2.21. The highest BCUT2D eigenvalue weighted by molar-refractivity contribution is 7.89. The number of hydrogen-bond acceptors (Lipinski definition) is 4. The highest BCUT2D eigenvalue weighted by Crippen LogP contribution is 2.18. The third-order valence-corrected chi connectivity index (χ3v) is 7.23. The number of carbonyl (C=O) groups excluding carboxylic acids is 1. The Kier molecular flexibility index (Phi) is 8.26. The number of nitrogens with one attached hydrogen (secondary N) is 2. The molecule has 7 heteroatoms. The van der Waals surface area contributed by atoms with Gasteiger partial charge >= 0.3 is 0 Å². The monoisotopic (exact) mass is 395 g/mol. The molecule has 0 bridgehead atoms. The minimum atomic E-state index is -3.60. The van der Waals surface area contributed by atoms with Crippen LogP contribution < -0.4 is 10.6 Å². The minimum absolute atomic E-state index is 0.142. The molecule has 27 heavy (non-hydrogen) atoms. The Labute approximate surface area is 163 Å². The van der Waals surface area contributed by atoms with Crippen molar-refractivity contribution < 1.29 is 13.2 Å². The number of nitrogens with zero attached hydrogens (tertiary/aromatic N) is 1. The first kappa shape index (κ1) is 21.9. The Morgan fingerprint density at radius 1 is 1.15 bits per heavy atom. The van der Waals surface area contributed by atoms with E-state index in [2.05, 4.69) is 10.6 Å². The average Bonchev–Trinajstić information content (AvgIpc) is 2.93. The van der Waals surface area contributed by atoms with Gasteiger partial charge in [0, 0.05) is 37.8 Å². The summed E-state index contributed by atoms with van der Waals surface area (Å²) in [5.41, 5.74) is 0.364. The molecule has 0 spiro atoms. The second-order valence-electron chi connectivity index (χ2n) is 7.54. The molecule has 0 heterocycles. The van der Waals surface area contributed by atoms with Gasteiger partial charge in [-0.2, -0.15) is 4.31 Å². The molecule has 1 amide bonds. The zero-order chi connectivity index (χ0) is 19.9. The fourth-order valence-corrected chi connectivity index (χ4v) is 4.69. The Bertz CT molecular complexity index is 711.